The number of benzene rings is 1. The second-order valence-corrected chi connectivity index (χ2v) is 6.18. The van der Waals surface area contributed by atoms with Crippen LogP contribution in [-0.2, 0) is 6.54 Å². The van der Waals surface area contributed by atoms with E-state index in [4.69, 9.17) is 5.73 Å². The number of hydrogen-bond acceptors (Lipinski definition) is 4. The summed E-state index contributed by atoms with van der Waals surface area (Å²) in [6.07, 6.45) is 1.61. The second kappa shape index (κ2) is 7.38. The number of aromatic amines is 1. The molecular formula is C18H24N4O3. The molecule has 0 unspecified atom stereocenters. The van der Waals surface area contributed by atoms with E-state index < -0.39 is 11.2 Å². The molecule has 0 aliphatic carbocycles. The number of amides is 1. The lowest BCUT2D eigenvalue weighted by Gasteiger charge is -2.21. The Labute approximate surface area is 146 Å². The molecule has 0 aliphatic rings. The zero-order chi connectivity index (χ0) is 18.7. The molecule has 0 saturated heterocycles. The van der Waals surface area contributed by atoms with Gasteiger partial charge in [0, 0.05) is 19.2 Å². The Bertz CT molecular complexity index is 912. The van der Waals surface area contributed by atoms with Gasteiger partial charge in [0.25, 0.3) is 11.5 Å². The molecule has 0 radical (unpaired) electrons. The molecule has 1 amide bonds. The number of nitrogen functional groups attached to an aromatic ring is 1. The Morgan fingerprint density at radius 2 is 1.96 bits per heavy atom. The van der Waals surface area contributed by atoms with Crippen molar-refractivity contribution in [2.75, 3.05) is 17.7 Å². The van der Waals surface area contributed by atoms with Gasteiger partial charge in [0.2, 0.25) is 0 Å². The topological polar surface area (TPSA) is 101 Å². The van der Waals surface area contributed by atoms with Crippen LogP contribution in [0.2, 0.25) is 0 Å². The van der Waals surface area contributed by atoms with Gasteiger partial charge in [-0.1, -0.05) is 31.0 Å². The first kappa shape index (κ1) is 18.5. The minimum Gasteiger partial charge on any atom is -0.383 e. The molecule has 2 aromatic rings. The molecule has 134 valence electrons. The van der Waals surface area contributed by atoms with Gasteiger partial charge in [-0.15, -0.1) is 0 Å². The number of carbonyl (C=O) groups excluding carboxylic acids is 1. The summed E-state index contributed by atoms with van der Waals surface area (Å²) in [6, 6.07) is 5.46. The lowest BCUT2D eigenvalue weighted by atomic mass is 10.0. The molecule has 7 nitrogen and oxygen atoms in total. The quantitative estimate of drug-likeness (QED) is 0.863. The number of rotatable bonds is 5. The molecule has 2 rings (SSSR count). The summed E-state index contributed by atoms with van der Waals surface area (Å²) in [5.41, 5.74) is 7.15. The Morgan fingerprint density at radius 1 is 1.28 bits per heavy atom. The fraction of sp³-hybridized carbons (Fsp3) is 0.389. The van der Waals surface area contributed by atoms with E-state index in [1.807, 2.05) is 32.9 Å². The summed E-state index contributed by atoms with van der Waals surface area (Å²) in [7, 11) is 1.48. The van der Waals surface area contributed by atoms with E-state index in [9.17, 15) is 14.4 Å². The summed E-state index contributed by atoms with van der Waals surface area (Å²) in [5.74, 6) is -0.349. The average Bonchev–Trinajstić information content (AvgIpc) is 2.53. The Hall–Kier alpha value is -2.83. The van der Waals surface area contributed by atoms with Crippen molar-refractivity contribution in [1.29, 1.82) is 0 Å². The van der Waals surface area contributed by atoms with E-state index in [-0.39, 0.29) is 17.4 Å². The first-order chi connectivity index (χ1) is 11.8. The predicted octanol–water partition coefficient (Wildman–Crippen LogP) is 1.81. The molecule has 0 spiro atoms. The third kappa shape index (κ3) is 3.65. The highest BCUT2D eigenvalue weighted by molar-refractivity contribution is 6.07. The van der Waals surface area contributed by atoms with Crippen LogP contribution in [-0.4, -0.2) is 22.5 Å². The van der Waals surface area contributed by atoms with E-state index in [1.54, 1.807) is 6.07 Å². The van der Waals surface area contributed by atoms with Crippen molar-refractivity contribution in [2.45, 2.75) is 40.2 Å². The maximum absolute atomic E-state index is 12.8. The highest BCUT2D eigenvalue weighted by Crippen LogP contribution is 2.20. The smallest absolute Gasteiger partial charge is 0.330 e. The van der Waals surface area contributed by atoms with Crippen LogP contribution < -0.4 is 21.9 Å². The summed E-state index contributed by atoms with van der Waals surface area (Å²) >= 11 is 0. The Kier molecular flexibility index (Phi) is 5.46. The maximum Gasteiger partial charge on any atom is 0.330 e. The highest BCUT2D eigenvalue weighted by atomic mass is 16.2. The minimum absolute atomic E-state index is 0.00261. The van der Waals surface area contributed by atoms with Crippen molar-refractivity contribution in [3.8, 4) is 0 Å². The van der Waals surface area contributed by atoms with Crippen LogP contribution in [0.4, 0.5) is 11.5 Å². The first-order valence-electron chi connectivity index (χ1n) is 8.25. The van der Waals surface area contributed by atoms with Crippen LogP contribution in [0.15, 0.2) is 27.8 Å². The zero-order valence-electron chi connectivity index (χ0n) is 15.0. The standard InChI is InChI=1S/C18H24N4O3/c1-5-6-9-22-15(19)14(16(23)20-18(22)25)21(4)17(24)13-8-7-11(2)10-12(13)3/h7-8,10H,5-6,9,19H2,1-4H3,(H,20,23,25). The van der Waals surface area contributed by atoms with Gasteiger partial charge in [-0.25, -0.2) is 4.79 Å². The normalized spacial score (nSPS) is 10.7. The number of hydrogen-bond donors (Lipinski definition) is 2. The number of anilines is 2. The molecule has 0 saturated carbocycles. The number of nitrogens with one attached hydrogen (secondary N) is 1. The van der Waals surface area contributed by atoms with Crippen molar-refractivity contribution in [2.24, 2.45) is 0 Å². The van der Waals surface area contributed by atoms with Gasteiger partial charge >= 0.3 is 5.69 Å². The van der Waals surface area contributed by atoms with Gasteiger partial charge in [0.05, 0.1) is 0 Å². The molecule has 1 aromatic heterocycles. The van der Waals surface area contributed by atoms with Crippen LogP contribution in [0.3, 0.4) is 0 Å². The molecule has 1 heterocycles. The largest absolute Gasteiger partial charge is 0.383 e. The van der Waals surface area contributed by atoms with Gasteiger partial charge < -0.3 is 10.6 Å². The second-order valence-electron chi connectivity index (χ2n) is 6.18. The fourth-order valence-corrected chi connectivity index (χ4v) is 2.78. The summed E-state index contributed by atoms with van der Waals surface area (Å²) in [6.45, 7) is 6.15. The van der Waals surface area contributed by atoms with Gasteiger partial charge in [-0.2, -0.15) is 0 Å². The molecule has 0 bridgehead atoms. The average molecular weight is 344 g/mol. The van der Waals surface area contributed by atoms with E-state index >= 15 is 0 Å². The molecule has 3 N–H and O–H groups in total. The first-order valence-corrected chi connectivity index (χ1v) is 8.25. The highest BCUT2D eigenvalue weighted by Gasteiger charge is 2.22. The monoisotopic (exact) mass is 344 g/mol. The number of H-pyrrole nitrogens is 1. The van der Waals surface area contributed by atoms with E-state index in [0.29, 0.717) is 12.1 Å². The number of unbranched alkanes of at least 4 members (excludes halogenated alkanes) is 1. The van der Waals surface area contributed by atoms with Crippen molar-refractivity contribution in [1.82, 2.24) is 9.55 Å². The molecule has 1 aromatic carbocycles. The van der Waals surface area contributed by atoms with Crippen LogP contribution in [0.5, 0.6) is 0 Å². The van der Waals surface area contributed by atoms with Crippen molar-refractivity contribution in [3.05, 3.63) is 55.7 Å². The van der Waals surface area contributed by atoms with Gasteiger partial charge in [0.15, 0.2) is 5.69 Å². The summed E-state index contributed by atoms with van der Waals surface area (Å²) in [5, 5.41) is 0. The Balaban J connectivity index is 2.51. The number of aryl methyl sites for hydroxylation is 2. The van der Waals surface area contributed by atoms with Gasteiger partial charge in [0.1, 0.15) is 5.82 Å². The van der Waals surface area contributed by atoms with Crippen LogP contribution in [0.25, 0.3) is 0 Å². The predicted molar refractivity (Wildman–Crippen MR) is 99.3 cm³/mol. The van der Waals surface area contributed by atoms with Crippen molar-refractivity contribution >= 4 is 17.4 Å². The minimum atomic E-state index is -0.670. The van der Waals surface area contributed by atoms with E-state index in [1.165, 1.54) is 16.5 Å². The maximum atomic E-state index is 12.8. The van der Waals surface area contributed by atoms with Crippen LogP contribution in [0, 0.1) is 13.8 Å². The third-order valence-electron chi connectivity index (χ3n) is 4.20. The lowest BCUT2D eigenvalue weighted by Crippen LogP contribution is -2.39. The zero-order valence-corrected chi connectivity index (χ0v) is 15.0. The molecule has 0 atom stereocenters. The van der Waals surface area contributed by atoms with Crippen molar-refractivity contribution < 1.29 is 4.79 Å². The molecular weight excluding hydrogens is 320 g/mol. The summed E-state index contributed by atoms with van der Waals surface area (Å²) < 4.78 is 1.30. The molecule has 0 aliphatic heterocycles. The number of nitrogens with zero attached hydrogens (tertiary/aromatic N) is 2. The Morgan fingerprint density at radius 3 is 2.56 bits per heavy atom. The molecule has 0 fully saturated rings. The van der Waals surface area contributed by atoms with Crippen LogP contribution >= 0.6 is 0 Å². The SMILES string of the molecule is CCCCn1c(N)c(N(C)C(=O)c2ccc(C)cc2C)c(=O)[nH]c1=O. The lowest BCUT2D eigenvalue weighted by molar-refractivity contribution is 0.0992. The van der Waals surface area contributed by atoms with Gasteiger partial charge in [-0.05, 0) is 31.9 Å². The molecule has 7 heteroatoms. The number of nitrogens with two attached hydrogens (primary N) is 1. The van der Waals surface area contributed by atoms with Crippen molar-refractivity contribution in [3.63, 3.8) is 0 Å². The number of carbonyl (C=O) groups is 1. The van der Waals surface area contributed by atoms with Crippen LogP contribution in [0.1, 0.15) is 41.3 Å². The molecule has 25 heavy (non-hydrogen) atoms. The van der Waals surface area contributed by atoms with E-state index in [0.717, 1.165) is 24.0 Å². The van der Waals surface area contributed by atoms with E-state index in [2.05, 4.69) is 4.98 Å². The van der Waals surface area contributed by atoms with Gasteiger partial charge in [-0.3, -0.25) is 19.1 Å². The third-order valence-corrected chi connectivity index (χ3v) is 4.20. The summed E-state index contributed by atoms with van der Waals surface area (Å²) in [4.78, 5) is 40.5. The number of aromatic nitrogens is 2. The fourth-order valence-electron chi connectivity index (χ4n) is 2.78.